The molecule has 0 saturated carbocycles. The Hall–Kier alpha value is -0.171. The second kappa shape index (κ2) is 6.36. The molecule has 0 amide bonds. The van der Waals surface area contributed by atoms with E-state index in [1.165, 1.54) is 10.2 Å². The van der Waals surface area contributed by atoms with Gasteiger partial charge in [-0.3, -0.25) is 0 Å². The van der Waals surface area contributed by atoms with Gasteiger partial charge in [0.25, 0.3) is 0 Å². The van der Waals surface area contributed by atoms with Gasteiger partial charge in [0.1, 0.15) is 0 Å². The normalized spacial score (nSPS) is 10.8. The molecular weight excluding hydrogens is 231 g/mol. The van der Waals surface area contributed by atoms with Gasteiger partial charge in [0, 0.05) is 0 Å². The van der Waals surface area contributed by atoms with E-state index in [1.54, 1.807) is 0 Å². The molecule has 0 aliphatic rings. The fraction of sp³-hybridized carbons (Fsp3) is 0.200. The van der Waals surface area contributed by atoms with E-state index in [1.807, 2.05) is 11.8 Å². The van der Waals surface area contributed by atoms with Gasteiger partial charge in [0.05, 0.1) is 0 Å². The van der Waals surface area contributed by atoms with Crippen molar-refractivity contribution in [3.05, 3.63) is 40.7 Å². The molecular formula is C10H12SSe. The van der Waals surface area contributed by atoms with Crippen LogP contribution in [-0.4, -0.2) is 20.7 Å². The van der Waals surface area contributed by atoms with Crippen LogP contribution in [0.15, 0.2) is 40.7 Å². The van der Waals surface area contributed by atoms with Crippen LogP contribution in [0.4, 0.5) is 0 Å². The quantitative estimate of drug-likeness (QED) is 0.731. The molecule has 0 unspecified atom stereocenters. The van der Waals surface area contributed by atoms with Crippen LogP contribution in [0.3, 0.4) is 0 Å². The van der Waals surface area contributed by atoms with E-state index in [9.17, 15) is 0 Å². The Morgan fingerprint density at radius 1 is 1.33 bits per heavy atom. The summed E-state index contributed by atoms with van der Waals surface area (Å²) in [5, 5.41) is 2.20. The molecule has 1 rings (SSSR count). The van der Waals surface area contributed by atoms with Gasteiger partial charge in [0.15, 0.2) is 0 Å². The predicted molar refractivity (Wildman–Crippen MR) is 59.1 cm³/mol. The van der Waals surface area contributed by atoms with E-state index in [0.717, 1.165) is 0 Å². The zero-order valence-corrected chi connectivity index (χ0v) is 9.59. The molecule has 0 spiro atoms. The molecule has 1 aromatic rings. The molecule has 1 aromatic carbocycles. The van der Waals surface area contributed by atoms with Crippen LogP contribution in [0.2, 0.25) is 0 Å². The van der Waals surface area contributed by atoms with Crippen LogP contribution < -0.4 is 4.46 Å². The summed E-state index contributed by atoms with van der Waals surface area (Å²) in [6, 6.07) is 10.6. The van der Waals surface area contributed by atoms with E-state index in [0.29, 0.717) is 15.0 Å². The van der Waals surface area contributed by atoms with Crippen molar-refractivity contribution in [3.8, 4) is 0 Å². The van der Waals surface area contributed by atoms with Crippen LogP contribution >= 0.6 is 11.8 Å². The minimum absolute atomic E-state index is 0.517. The summed E-state index contributed by atoms with van der Waals surface area (Å²) in [5.41, 5.74) is 0. The average molecular weight is 243 g/mol. The van der Waals surface area contributed by atoms with Gasteiger partial charge in [-0.05, 0) is 0 Å². The Balaban J connectivity index is 2.33. The van der Waals surface area contributed by atoms with E-state index in [-0.39, 0.29) is 0 Å². The molecule has 0 atom stereocenters. The zero-order chi connectivity index (χ0) is 8.65. The van der Waals surface area contributed by atoms with Crippen molar-refractivity contribution in [1.82, 2.24) is 0 Å². The molecule has 0 saturated heterocycles. The molecule has 0 aliphatic heterocycles. The van der Waals surface area contributed by atoms with Crippen molar-refractivity contribution < 1.29 is 0 Å². The number of rotatable bonds is 4. The Bertz CT molecular complexity index is 231. The van der Waals surface area contributed by atoms with Crippen molar-refractivity contribution in [3.63, 3.8) is 0 Å². The minimum atomic E-state index is 0.517. The van der Waals surface area contributed by atoms with Gasteiger partial charge in [-0.25, -0.2) is 0 Å². The standard InChI is InChI=1S/C10H12SSe/c1-2-11-8-9-12-10-6-4-3-5-7-10/h3-9H,2H2,1H3/b9-8-. The molecule has 0 heterocycles. The number of thioether (sulfide) groups is 1. The van der Waals surface area contributed by atoms with Gasteiger partial charge >= 0.3 is 84.6 Å². The van der Waals surface area contributed by atoms with Crippen LogP contribution in [0.1, 0.15) is 6.92 Å². The Labute approximate surface area is 84.6 Å². The van der Waals surface area contributed by atoms with Gasteiger partial charge in [0.2, 0.25) is 0 Å². The van der Waals surface area contributed by atoms with Gasteiger partial charge in [-0.2, -0.15) is 0 Å². The molecule has 64 valence electrons. The van der Waals surface area contributed by atoms with Crippen molar-refractivity contribution in [1.29, 1.82) is 0 Å². The molecule has 0 bridgehead atoms. The van der Waals surface area contributed by atoms with Crippen LogP contribution in [0.5, 0.6) is 0 Å². The second-order valence-electron chi connectivity index (χ2n) is 2.16. The molecule has 0 fully saturated rings. The number of hydrogen-bond donors (Lipinski definition) is 0. The van der Waals surface area contributed by atoms with E-state index in [4.69, 9.17) is 0 Å². The van der Waals surface area contributed by atoms with Crippen molar-refractivity contribution in [2.75, 3.05) is 5.75 Å². The van der Waals surface area contributed by atoms with Gasteiger partial charge in [-0.15, -0.1) is 0 Å². The summed E-state index contributed by atoms with van der Waals surface area (Å²) in [6.07, 6.45) is 0. The van der Waals surface area contributed by atoms with E-state index >= 15 is 0 Å². The zero-order valence-electron chi connectivity index (χ0n) is 7.07. The topological polar surface area (TPSA) is 0 Å². The third kappa shape index (κ3) is 4.01. The predicted octanol–water partition coefficient (Wildman–Crippen LogP) is 2.24. The van der Waals surface area contributed by atoms with Crippen molar-refractivity contribution in [2.45, 2.75) is 6.92 Å². The monoisotopic (exact) mass is 244 g/mol. The Morgan fingerprint density at radius 3 is 2.75 bits per heavy atom. The summed E-state index contributed by atoms with van der Waals surface area (Å²) in [7, 11) is 0. The summed E-state index contributed by atoms with van der Waals surface area (Å²) < 4.78 is 1.44. The SMILES string of the molecule is CCS/C=C\[Se]c1ccccc1. The van der Waals surface area contributed by atoms with Gasteiger partial charge < -0.3 is 0 Å². The van der Waals surface area contributed by atoms with Crippen LogP contribution in [0, 0.1) is 0 Å². The average Bonchev–Trinajstić information content (AvgIpc) is 2.14. The maximum absolute atomic E-state index is 2.27. The second-order valence-corrected chi connectivity index (χ2v) is 5.40. The molecule has 0 aromatic heterocycles. The summed E-state index contributed by atoms with van der Waals surface area (Å²) in [6.45, 7) is 2.17. The molecule has 0 nitrogen and oxygen atoms in total. The summed E-state index contributed by atoms with van der Waals surface area (Å²) in [4.78, 5) is 2.27. The first kappa shape index (κ1) is 9.91. The third-order valence-corrected chi connectivity index (χ3v) is 4.03. The number of benzene rings is 1. The molecule has 0 N–H and O–H groups in total. The first-order chi connectivity index (χ1) is 5.93. The fourth-order valence-corrected chi connectivity index (χ4v) is 2.90. The molecule has 0 aliphatic carbocycles. The maximum atomic E-state index is 2.27. The first-order valence-corrected chi connectivity index (χ1v) is 6.81. The van der Waals surface area contributed by atoms with Crippen molar-refractivity contribution >= 4 is 31.2 Å². The summed E-state index contributed by atoms with van der Waals surface area (Å²) >= 11 is 2.38. The molecule has 2 heteroatoms. The Morgan fingerprint density at radius 2 is 2.08 bits per heavy atom. The van der Waals surface area contributed by atoms with Crippen molar-refractivity contribution in [2.24, 2.45) is 0 Å². The van der Waals surface area contributed by atoms with E-state index in [2.05, 4.69) is 47.6 Å². The van der Waals surface area contributed by atoms with Gasteiger partial charge in [-0.1, -0.05) is 0 Å². The Kier molecular flexibility index (Phi) is 5.25. The van der Waals surface area contributed by atoms with Crippen LogP contribution in [0.25, 0.3) is 0 Å². The first-order valence-electron chi connectivity index (χ1n) is 3.92. The summed E-state index contributed by atoms with van der Waals surface area (Å²) in [5.74, 6) is 1.17. The van der Waals surface area contributed by atoms with Crippen LogP contribution in [-0.2, 0) is 0 Å². The molecule has 12 heavy (non-hydrogen) atoms. The third-order valence-electron chi connectivity index (χ3n) is 1.27. The molecule has 0 radical (unpaired) electrons. The van der Waals surface area contributed by atoms with E-state index < -0.39 is 0 Å². The fourth-order valence-electron chi connectivity index (χ4n) is 0.741. The number of hydrogen-bond acceptors (Lipinski definition) is 1.